The second-order valence-corrected chi connectivity index (χ2v) is 7.74. The van der Waals surface area contributed by atoms with Gasteiger partial charge in [0, 0.05) is 17.7 Å². The van der Waals surface area contributed by atoms with Crippen LogP contribution in [0.25, 0.3) is 11.1 Å². The number of rotatable bonds is 6. The molecule has 1 amide bonds. The quantitative estimate of drug-likeness (QED) is 0.613. The van der Waals surface area contributed by atoms with Gasteiger partial charge in [-0.1, -0.05) is 29.8 Å². The molecular weight excluding hydrogens is 374 g/mol. The number of anilines is 1. The standard InChI is InChI=1S/C21H23N3O3S/c1-13(2)24-18(9-11-22-24)23-20(25)15(4)27-21(26)19-17(10-12-28-19)16-7-5-14(3)6-8-16/h5-13,15H,1-4H3,(H,23,25)/t15-/m1/s1. The minimum Gasteiger partial charge on any atom is -0.448 e. The van der Waals surface area contributed by atoms with Crippen LogP contribution in [0.4, 0.5) is 5.82 Å². The molecule has 0 bridgehead atoms. The largest absolute Gasteiger partial charge is 0.448 e. The monoisotopic (exact) mass is 397 g/mol. The van der Waals surface area contributed by atoms with E-state index in [-0.39, 0.29) is 6.04 Å². The van der Waals surface area contributed by atoms with Crippen LogP contribution in [0.15, 0.2) is 48.0 Å². The molecule has 0 saturated heterocycles. The van der Waals surface area contributed by atoms with Gasteiger partial charge in [-0.2, -0.15) is 5.10 Å². The van der Waals surface area contributed by atoms with Crippen LogP contribution in [0.1, 0.15) is 42.0 Å². The second-order valence-electron chi connectivity index (χ2n) is 6.82. The molecule has 0 radical (unpaired) electrons. The van der Waals surface area contributed by atoms with E-state index in [2.05, 4.69) is 10.4 Å². The summed E-state index contributed by atoms with van der Waals surface area (Å²) in [5.41, 5.74) is 2.89. The lowest BCUT2D eigenvalue weighted by Gasteiger charge is -2.16. The second kappa shape index (κ2) is 8.39. The molecule has 0 aliphatic rings. The van der Waals surface area contributed by atoms with Crippen molar-refractivity contribution in [2.75, 3.05) is 5.32 Å². The maximum absolute atomic E-state index is 12.6. The van der Waals surface area contributed by atoms with E-state index < -0.39 is 18.0 Å². The molecule has 3 aromatic rings. The van der Waals surface area contributed by atoms with Gasteiger partial charge in [0.2, 0.25) is 0 Å². The van der Waals surface area contributed by atoms with E-state index in [1.807, 2.05) is 56.5 Å². The van der Waals surface area contributed by atoms with E-state index in [0.29, 0.717) is 10.7 Å². The van der Waals surface area contributed by atoms with Crippen molar-refractivity contribution >= 4 is 29.0 Å². The van der Waals surface area contributed by atoms with Gasteiger partial charge in [-0.15, -0.1) is 11.3 Å². The molecule has 2 heterocycles. The Labute approximate surface area is 168 Å². The van der Waals surface area contributed by atoms with Crippen molar-refractivity contribution in [3.8, 4) is 11.1 Å². The zero-order valence-electron chi connectivity index (χ0n) is 16.3. The van der Waals surface area contributed by atoms with Gasteiger partial charge in [-0.25, -0.2) is 9.48 Å². The van der Waals surface area contributed by atoms with Crippen molar-refractivity contribution in [3.63, 3.8) is 0 Å². The lowest BCUT2D eigenvalue weighted by molar-refractivity contribution is -0.123. The van der Waals surface area contributed by atoms with Gasteiger partial charge in [-0.05, 0) is 44.7 Å². The highest BCUT2D eigenvalue weighted by Gasteiger charge is 2.23. The molecule has 1 N–H and O–H groups in total. The lowest BCUT2D eigenvalue weighted by Crippen LogP contribution is -2.31. The molecule has 0 aliphatic heterocycles. The molecule has 28 heavy (non-hydrogen) atoms. The van der Waals surface area contributed by atoms with Crippen LogP contribution < -0.4 is 5.32 Å². The maximum atomic E-state index is 12.6. The number of amides is 1. The van der Waals surface area contributed by atoms with E-state index >= 15 is 0 Å². The topological polar surface area (TPSA) is 73.2 Å². The molecule has 0 spiro atoms. The van der Waals surface area contributed by atoms with Crippen LogP contribution in [-0.2, 0) is 9.53 Å². The third-order valence-electron chi connectivity index (χ3n) is 4.28. The fraction of sp³-hybridized carbons (Fsp3) is 0.286. The van der Waals surface area contributed by atoms with E-state index in [1.165, 1.54) is 11.3 Å². The van der Waals surface area contributed by atoms with Crippen molar-refractivity contribution in [1.82, 2.24) is 9.78 Å². The number of carbonyl (C=O) groups excluding carboxylic acids is 2. The summed E-state index contributed by atoms with van der Waals surface area (Å²) in [4.78, 5) is 25.6. The Morgan fingerprint density at radius 2 is 1.82 bits per heavy atom. The highest BCUT2D eigenvalue weighted by molar-refractivity contribution is 7.12. The molecule has 6 nitrogen and oxygen atoms in total. The number of aromatic nitrogens is 2. The fourth-order valence-electron chi connectivity index (χ4n) is 2.75. The molecule has 146 valence electrons. The first-order valence-corrected chi connectivity index (χ1v) is 9.94. The van der Waals surface area contributed by atoms with Gasteiger partial charge in [-0.3, -0.25) is 4.79 Å². The van der Waals surface area contributed by atoms with Crippen LogP contribution >= 0.6 is 11.3 Å². The molecule has 0 unspecified atom stereocenters. The Hall–Kier alpha value is -2.93. The molecule has 0 saturated carbocycles. The van der Waals surface area contributed by atoms with Crippen LogP contribution in [0.5, 0.6) is 0 Å². The average Bonchev–Trinajstić information content (AvgIpc) is 3.31. The summed E-state index contributed by atoms with van der Waals surface area (Å²) in [6.45, 7) is 7.51. The predicted octanol–water partition coefficient (Wildman–Crippen LogP) is 4.68. The van der Waals surface area contributed by atoms with Crippen LogP contribution in [0, 0.1) is 6.92 Å². The first-order chi connectivity index (χ1) is 13.4. The Morgan fingerprint density at radius 3 is 2.50 bits per heavy atom. The molecule has 0 fully saturated rings. The first-order valence-electron chi connectivity index (χ1n) is 9.06. The SMILES string of the molecule is Cc1ccc(-c2ccsc2C(=O)O[C@H](C)C(=O)Nc2ccnn2C(C)C)cc1. The Bertz CT molecular complexity index is 973. The van der Waals surface area contributed by atoms with E-state index in [1.54, 1.807) is 23.9 Å². The van der Waals surface area contributed by atoms with Crippen molar-refractivity contribution in [1.29, 1.82) is 0 Å². The Morgan fingerprint density at radius 1 is 1.11 bits per heavy atom. The van der Waals surface area contributed by atoms with Crippen LogP contribution in [-0.4, -0.2) is 27.8 Å². The molecular formula is C21H23N3O3S. The number of esters is 1. The number of thiophene rings is 1. The van der Waals surface area contributed by atoms with Crippen molar-refractivity contribution in [2.45, 2.75) is 39.8 Å². The number of nitrogens with one attached hydrogen (secondary N) is 1. The summed E-state index contributed by atoms with van der Waals surface area (Å²) in [6, 6.07) is 11.6. The van der Waals surface area contributed by atoms with Gasteiger partial charge < -0.3 is 10.1 Å². The summed E-state index contributed by atoms with van der Waals surface area (Å²) in [7, 11) is 0. The third kappa shape index (κ3) is 4.31. The van der Waals surface area contributed by atoms with Gasteiger partial charge in [0.05, 0.1) is 6.20 Å². The fourth-order valence-corrected chi connectivity index (χ4v) is 3.55. The molecule has 2 aromatic heterocycles. The van der Waals surface area contributed by atoms with E-state index in [4.69, 9.17) is 4.74 Å². The highest BCUT2D eigenvalue weighted by Crippen LogP contribution is 2.29. The van der Waals surface area contributed by atoms with Crippen LogP contribution in [0.2, 0.25) is 0 Å². The zero-order valence-corrected chi connectivity index (χ0v) is 17.1. The Kier molecular flexibility index (Phi) is 5.94. The molecule has 1 atom stereocenters. The number of nitrogens with zero attached hydrogens (tertiary/aromatic N) is 2. The summed E-state index contributed by atoms with van der Waals surface area (Å²) < 4.78 is 7.12. The van der Waals surface area contributed by atoms with Crippen molar-refractivity contribution < 1.29 is 14.3 Å². The number of ether oxygens (including phenoxy) is 1. The van der Waals surface area contributed by atoms with E-state index in [9.17, 15) is 9.59 Å². The van der Waals surface area contributed by atoms with Crippen LogP contribution in [0.3, 0.4) is 0 Å². The normalized spacial score (nSPS) is 12.0. The summed E-state index contributed by atoms with van der Waals surface area (Å²) >= 11 is 1.30. The molecule has 1 aromatic carbocycles. The van der Waals surface area contributed by atoms with E-state index in [0.717, 1.165) is 16.7 Å². The number of aryl methyl sites for hydroxylation is 1. The molecule has 0 aliphatic carbocycles. The van der Waals surface area contributed by atoms with Gasteiger partial charge in [0.25, 0.3) is 5.91 Å². The maximum Gasteiger partial charge on any atom is 0.349 e. The summed E-state index contributed by atoms with van der Waals surface area (Å²) in [6.07, 6.45) is 0.683. The summed E-state index contributed by atoms with van der Waals surface area (Å²) in [5.74, 6) is -0.339. The van der Waals surface area contributed by atoms with Gasteiger partial charge in [0.15, 0.2) is 6.10 Å². The third-order valence-corrected chi connectivity index (χ3v) is 5.17. The zero-order chi connectivity index (χ0) is 20.3. The summed E-state index contributed by atoms with van der Waals surface area (Å²) in [5, 5.41) is 8.78. The lowest BCUT2D eigenvalue weighted by atomic mass is 10.1. The predicted molar refractivity (Wildman–Crippen MR) is 111 cm³/mol. The minimum absolute atomic E-state index is 0.103. The first kappa shape index (κ1) is 19.8. The number of hydrogen-bond donors (Lipinski definition) is 1. The molecule has 7 heteroatoms. The highest BCUT2D eigenvalue weighted by atomic mass is 32.1. The smallest absolute Gasteiger partial charge is 0.349 e. The number of hydrogen-bond acceptors (Lipinski definition) is 5. The van der Waals surface area contributed by atoms with Gasteiger partial charge >= 0.3 is 5.97 Å². The van der Waals surface area contributed by atoms with Gasteiger partial charge in [0.1, 0.15) is 10.7 Å². The number of benzene rings is 1. The number of carbonyl (C=O) groups is 2. The molecule has 3 rings (SSSR count). The van der Waals surface area contributed by atoms with Crippen molar-refractivity contribution in [2.24, 2.45) is 0 Å². The average molecular weight is 398 g/mol. The minimum atomic E-state index is -0.934. The Balaban J connectivity index is 1.69. The van der Waals surface area contributed by atoms with Crippen molar-refractivity contribution in [3.05, 3.63) is 58.4 Å².